The van der Waals surface area contributed by atoms with E-state index < -0.39 is 35.7 Å². The van der Waals surface area contributed by atoms with E-state index >= 15 is 0 Å². The molecule has 6 N–H and O–H groups in total. The number of hydrogen-bond donors (Lipinski definition) is 5. The number of anilines is 1. The Morgan fingerprint density at radius 2 is 2.35 bits per heavy atom. The number of aromatic nitrogens is 3. The summed E-state index contributed by atoms with van der Waals surface area (Å²) in [5.74, 6) is 2.00. The van der Waals surface area contributed by atoms with Crippen LogP contribution in [-0.4, -0.2) is 53.8 Å². The van der Waals surface area contributed by atoms with Gasteiger partial charge >= 0.3 is 0 Å². The molecule has 1 fully saturated rings. The van der Waals surface area contributed by atoms with Crippen LogP contribution in [0.1, 0.15) is 13.2 Å². The van der Waals surface area contributed by atoms with Crippen molar-refractivity contribution in [3.05, 3.63) is 22.6 Å². The molecule has 2 unspecified atom stereocenters. The lowest BCUT2D eigenvalue weighted by atomic mass is 9.93. The predicted octanol–water partition coefficient (Wildman–Crippen LogP) is -1.69. The standard InChI is InChI=1S/C14H16N4O5/c1-3-14(22)9(20)8(6(2)19)23-12(14)18-5-4-7-10(18)16-13(15)17-11(7)21/h1,4-6,8-9,12,19-20,22H,2H3,(H3,15,16,17,21)/t6-,8?,9?,12-,14-/m1/s1. The number of nitrogens with zero attached hydrogens (tertiary/aromatic N) is 2. The Balaban J connectivity index is 2.18. The maximum absolute atomic E-state index is 11.9. The van der Waals surface area contributed by atoms with E-state index in [0.717, 1.165) is 0 Å². The first-order valence-electron chi connectivity index (χ1n) is 6.87. The molecule has 0 radical (unpaired) electrons. The van der Waals surface area contributed by atoms with Crippen LogP contribution >= 0.6 is 0 Å². The van der Waals surface area contributed by atoms with Crippen molar-refractivity contribution in [1.29, 1.82) is 0 Å². The minimum atomic E-state index is -2.10. The third-order valence-corrected chi connectivity index (χ3v) is 3.98. The first-order valence-corrected chi connectivity index (χ1v) is 6.87. The molecular formula is C14H16N4O5. The molecule has 0 aliphatic carbocycles. The van der Waals surface area contributed by atoms with Crippen molar-refractivity contribution < 1.29 is 20.1 Å². The number of nitrogens with one attached hydrogen (secondary N) is 1. The highest BCUT2D eigenvalue weighted by atomic mass is 16.6. The number of nitrogen functional groups attached to an aromatic ring is 1. The van der Waals surface area contributed by atoms with E-state index in [4.69, 9.17) is 16.9 Å². The smallest absolute Gasteiger partial charge is 0.261 e. The van der Waals surface area contributed by atoms with Crippen molar-refractivity contribution in [3.63, 3.8) is 0 Å². The van der Waals surface area contributed by atoms with E-state index in [9.17, 15) is 20.1 Å². The second-order valence-corrected chi connectivity index (χ2v) is 5.52. The molecule has 1 saturated heterocycles. The van der Waals surface area contributed by atoms with Crippen LogP contribution in [0.25, 0.3) is 11.0 Å². The highest BCUT2D eigenvalue weighted by molar-refractivity contribution is 5.76. The summed E-state index contributed by atoms with van der Waals surface area (Å²) in [5.41, 5.74) is 3.12. The summed E-state index contributed by atoms with van der Waals surface area (Å²) in [6.07, 6.45) is 1.88. The summed E-state index contributed by atoms with van der Waals surface area (Å²) < 4.78 is 6.86. The van der Waals surface area contributed by atoms with Crippen molar-refractivity contribution in [1.82, 2.24) is 14.5 Å². The van der Waals surface area contributed by atoms with Crippen LogP contribution in [0, 0.1) is 12.3 Å². The molecule has 0 spiro atoms. The number of fused-ring (bicyclic) bond motifs is 1. The molecule has 9 nitrogen and oxygen atoms in total. The topological polar surface area (TPSA) is 147 Å². The number of nitrogens with two attached hydrogens (primary N) is 1. The summed E-state index contributed by atoms with van der Waals surface area (Å²) in [5, 5.41) is 30.8. The Morgan fingerprint density at radius 3 is 2.96 bits per heavy atom. The Bertz CT molecular complexity index is 851. The molecule has 5 atom stereocenters. The minimum Gasteiger partial charge on any atom is -0.391 e. The number of H-pyrrole nitrogens is 1. The van der Waals surface area contributed by atoms with Crippen molar-refractivity contribution in [2.75, 3.05) is 5.73 Å². The number of ether oxygens (including phenoxy) is 1. The summed E-state index contributed by atoms with van der Waals surface area (Å²) >= 11 is 0. The Kier molecular flexibility index (Phi) is 3.42. The predicted molar refractivity (Wildman–Crippen MR) is 80.1 cm³/mol. The lowest BCUT2D eigenvalue weighted by Crippen LogP contribution is -2.47. The number of aliphatic hydroxyl groups is 3. The van der Waals surface area contributed by atoms with Gasteiger partial charge in [-0.2, -0.15) is 4.98 Å². The van der Waals surface area contributed by atoms with Gasteiger partial charge in [0.05, 0.1) is 11.5 Å². The van der Waals surface area contributed by atoms with Gasteiger partial charge in [0.1, 0.15) is 12.2 Å². The van der Waals surface area contributed by atoms with E-state index in [1.807, 2.05) is 0 Å². The van der Waals surface area contributed by atoms with Crippen molar-refractivity contribution in [2.45, 2.75) is 37.1 Å². The quantitative estimate of drug-likeness (QED) is 0.415. The van der Waals surface area contributed by atoms with Crippen molar-refractivity contribution in [3.8, 4) is 12.3 Å². The van der Waals surface area contributed by atoms with Crippen LogP contribution in [0.2, 0.25) is 0 Å². The zero-order valence-corrected chi connectivity index (χ0v) is 12.2. The molecule has 0 bridgehead atoms. The molecule has 9 heteroatoms. The van der Waals surface area contributed by atoms with Gasteiger partial charge in [0, 0.05) is 6.20 Å². The van der Waals surface area contributed by atoms with E-state index in [-0.39, 0.29) is 17.0 Å². The number of aromatic amines is 1. The van der Waals surface area contributed by atoms with E-state index in [0.29, 0.717) is 0 Å². The van der Waals surface area contributed by atoms with Crippen molar-refractivity contribution in [2.24, 2.45) is 0 Å². The molecule has 0 amide bonds. The number of aliphatic hydroxyl groups excluding tert-OH is 2. The second kappa shape index (κ2) is 5.07. The van der Waals surface area contributed by atoms with E-state index in [2.05, 4.69) is 15.9 Å². The van der Waals surface area contributed by atoms with Crippen LogP contribution in [-0.2, 0) is 4.74 Å². The maximum atomic E-state index is 11.9. The number of hydrogen-bond acceptors (Lipinski definition) is 7. The van der Waals surface area contributed by atoms with E-state index in [1.54, 1.807) is 0 Å². The molecule has 23 heavy (non-hydrogen) atoms. The Morgan fingerprint density at radius 1 is 1.65 bits per heavy atom. The molecule has 3 rings (SSSR count). The highest BCUT2D eigenvalue weighted by Crippen LogP contribution is 2.40. The SMILES string of the molecule is C#C[C@@]1(O)C(O)C([C@@H](C)O)O[C@H]1n1ccc2c(=O)[nH]c(N)nc21. The van der Waals surface area contributed by atoms with Gasteiger partial charge in [0.25, 0.3) is 5.56 Å². The zero-order valence-electron chi connectivity index (χ0n) is 12.2. The Labute approximate surface area is 130 Å². The summed E-state index contributed by atoms with van der Waals surface area (Å²) in [7, 11) is 0. The first-order chi connectivity index (χ1) is 10.8. The summed E-state index contributed by atoms with van der Waals surface area (Å²) in [6.45, 7) is 1.40. The fourth-order valence-corrected chi connectivity index (χ4v) is 2.78. The second-order valence-electron chi connectivity index (χ2n) is 5.52. The zero-order chi connectivity index (χ0) is 16.9. The summed E-state index contributed by atoms with van der Waals surface area (Å²) in [4.78, 5) is 18.2. The lowest BCUT2D eigenvalue weighted by Gasteiger charge is -2.26. The minimum absolute atomic E-state index is 0.114. The molecule has 1 aliphatic heterocycles. The van der Waals surface area contributed by atoms with Crippen LogP contribution in [0.15, 0.2) is 17.1 Å². The Hall–Kier alpha value is -2.38. The third-order valence-electron chi connectivity index (χ3n) is 3.98. The largest absolute Gasteiger partial charge is 0.391 e. The van der Waals surface area contributed by atoms with Crippen molar-refractivity contribution >= 4 is 17.0 Å². The van der Waals surface area contributed by atoms with Gasteiger partial charge in [-0.05, 0) is 13.0 Å². The van der Waals surface area contributed by atoms with Gasteiger partial charge < -0.3 is 30.4 Å². The molecule has 122 valence electrons. The molecule has 0 aromatic carbocycles. The first kappa shape index (κ1) is 15.5. The average Bonchev–Trinajstić information content (AvgIpc) is 3.00. The van der Waals surface area contributed by atoms with Gasteiger partial charge in [-0.25, -0.2) is 0 Å². The molecular weight excluding hydrogens is 304 g/mol. The normalized spacial score (nSPS) is 32.0. The molecule has 1 aliphatic rings. The number of rotatable bonds is 2. The molecule has 2 aromatic rings. The maximum Gasteiger partial charge on any atom is 0.261 e. The fraction of sp³-hybridized carbons (Fsp3) is 0.429. The van der Waals surface area contributed by atoms with Gasteiger partial charge in [-0.1, -0.05) is 5.92 Å². The molecule has 0 saturated carbocycles. The monoisotopic (exact) mass is 320 g/mol. The fourth-order valence-electron chi connectivity index (χ4n) is 2.78. The number of terminal acetylenes is 1. The van der Waals surface area contributed by atoms with Gasteiger partial charge in [-0.3, -0.25) is 9.78 Å². The van der Waals surface area contributed by atoms with E-state index in [1.165, 1.54) is 23.8 Å². The molecule has 2 aromatic heterocycles. The van der Waals surface area contributed by atoms with Gasteiger partial charge in [0.15, 0.2) is 17.5 Å². The summed E-state index contributed by atoms with van der Waals surface area (Å²) in [6, 6.07) is 1.46. The van der Waals surface area contributed by atoms with Crippen LogP contribution < -0.4 is 11.3 Å². The average molecular weight is 320 g/mol. The van der Waals surface area contributed by atoms with Crippen LogP contribution in [0.5, 0.6) is 0 Å². The van der Waals surface area contributed by atoms with Gasteiger partial charge in [-0.15, -0.1) is 6.42 Å². The lowest BCUT2D eigenvalue weighted by molar-refractivity contribution is -0.0844. The highest BCUT2D eigenvalue weighted by Gasteiger charge is 2.57. The third kappa shape index (κ3) is 2.12. The van der Waals surface area contributed by atoms with Crippen LogP contribution in [0.4, 0.5) is 5.95 Å². The molecule has 3 heterocycles. The van der Waals surface area contributed by atoms with Gasteiger partial charge in [0.2, 0.25) is 5.95 Å². The van der Waals surface area contributed by atoms with Crippen LogP contribution in [0.3, 0.4) is 0 Å².